The van der Waals surface area contributed by atoms with Crippen LogP contribution in [0.15, 0.2) is 34.7 Å². The molecule has 0 unspecified atom stereocenters. The van der Waals surface area contributed by atoms with Crippen LogP contribution in [-0.2, 0) is 11.3 Å². The van der Waals surface area contributed by atoms with Gasteiger partial charge in [0.1, 0.15) is 16.9 Å². The van der Waals surface area contributed by atoms with Crippen LogP contribution in [0.3, 0.4) is 0 Å². The summed E-state index contributed by atoms with van der Waals surface area (Å²) in [4.78, 5) is 12.0. The Hall–Kier alpha value is -1.81. The molecule has 4 heteroatoms. The number of furan rings is 1. The van der Waals surface area contributed by atoms with Gasteiger partial charge in [0.2, 0.25) is 0 Å². The minimum atomic E-state index is -1.17. The lowest BCUT2D eigenvalue weighted by atomic mass is 10.0. The highest BCUT2D eigenvalue weighted by Gasteiger charge is 2.38. The number of hydrogen-bond donors (Lipinski definition) is 2. The first-order valence-corrected chi connectivity index (χ1v) is 6.65. The number of carbonyl (C=O) groups is 1. The van der Waals surface area contributed by atoms with Crippen LogP contribution in [0.5, 0.6) is 0 Å². The number of nitrogens with one attached hydrogen (secondary N) is 1. The zero-order valence-corrected chi connectivity index (χ0v) is 10.7. The molecule has 0 atom stereocenters. The zero-order valence-electron chi connectivity index (χ0n) is 10.7. The highest BCUT2D eigenvalue weighted by molar-refractivity contribution is 5.85. The van der Waals surface area contributed by atoms with Crippen molar-refractivity contribution in [3.63, 3.8) is 0 Å². The van der Waals surface area contributed by atoms with Gasteiger partial charge >= 0.3 is 0 Å². The molecule has 0 radical (unpaired) electrons. The first-order chi connectivity index (χ1) is 9.17. The number of amides is 1. The zero-order chi connectivity index (χ0) is 13.3. The van der Waals surface area contributed by atoms with Crippen molar-refractivity contribution in [3.8, 4) is 0 Å². The van der Waals surface area contributed by atoms with Crippen LogP contribution in [0.1, 0.15) is 31.4 Å². The quantitative estimate of drug-likeness (QED) is 0.889. The Kier molecular flexibility index (Phi) is 3.03. The molecule has 1 aromatic heterocycles. The molecule has 1 saturated carbocycles. The first kappa shape index (κ1) is 12.2. The van der Waals surface area contributed by atoms with Crippen molar-refractivity contribution in [1.29, 1.82) is 0 Å². The van der Waals surface area contributed by atoms with Crippen LogP contribution in [0.2, 0.25) is 0 Å². The van der Waals surface area contributed by atoms with Crippen molar-refractivity contribution in [1.82, 2.24) is 5.32 Å². The van der Waals surface area contributed by atoms with Crippen LogP contribution in [-0.4, -0.2) is 16.6 Å². The second kappa shape index (κ2) is 4.70. The summed E-state index contributed by atoms with van der Waals surface area (Å²) < 4.78 is 5.62. The molecule has 0 bridgehead atoms. The van der Waals surface area contributed by atoms with Gasteiger partial charge in [0, 0.05) is 5.39 Å². The van der Waals surface area contributed by atoms with Gasteiger partial charge in [-0.1, -0.05) is 18.2 Å². The van der Waals surface area contributed by atoms with Gasteiger partial charge in [-0.3, -0.25) is 4.79 Å². The summed E-state index contributed by atoms with van der Waals surface area (Å²) >= 11 is 0. The van der Waals surface area contributed by atoms with Gasteiger partial charge in [0.05, 0.1) is 6.54 Å². The minimum Gasteiger partial charge on any atom is -0.459 e. The van der Waals surface area contributed by atoms with Crippen LogP contribution >= 0.6 is 0 Å². The maximum Gasteiger partial charge on any atom is 0.252 e. The molecule has 1 aliphatic carbocycles. The average molecular weight is 259 g/mol. The Balaban J connectivity index is 1.67. The molecule has 2 N–H and O–H groups in total. The van der Waals surface area contributed by atoms with Crippen molar-refractivity contribution in [2.45, 2.75) is 37.8 Å². The molecule has 0 saturated heterocycles. The van der Waals surface area contributed by atoms with E-state index in [1.807, 2.05) is 30.3 Å². The molecule has 1 aromatic carbocycles. The van der Waals surface area contributed by atoms with Crippen molar-refractivity contribution in [2.75, 3.05) is 0 Å². The molecular formula is C15H17NO3. The van der Waals surface area contributed by atoms with E-state index in [0.717, 1.165) is 23.8 Å². The first-order valence-electron chi connectivity index (χ1n) is 6.65. The fourth-order valence-electron chi connectivity index (χ4n) is 2.64. The van der Waals surface area contributed by atoms with Gasteiger partial charge in [-0.05, 0) is 37.8 Å². The number of para-hydroxylation sites is 1. The summed E-state index contributed by atoms with van der Waals surface area (Å²) in [7, 11) is 0. The molecule has 4 nitrogen and oxygen atoms in total. The van der Waals surface area contributed by atoms with Gasteiger partial charge in [0.25, 0.3) is 5.91 Å². The number of rotatable bonds is 3. The summed E-state index contributed by atoms with van der Waals surface area (Å²) in [6.07, 6.45) is 2.93. The molecule has 1 fully saturated rings. The Morgan fingerprint density at radius 3 is 2.79 bits per heavy atom. The fraction of sp³-hybridized carbons (Fsp3) is 0.400. The third-order valence-electron chi connectivity index (χ3n) is 3.75. The van der Waals surface area contributed by atoms with Crippen LogP contribution in [0, 0.1) is 0 Å². The third kappa shape index (κ3) is 2.36. The SMILES string of the molecule is O=C(NCc1cc2ccccc2o1)C1(O)CCCC1. The van der Waals surface area contributed by atoms with E-state index >= 15 is 0 Å². The molecular weight excluding hydrogens is 242 g/mol. The lowest BCUT2D eigenvalue weighted by molar-refractivity contribution is -0.139. The number of hydrogen-bond acceptors (Lipinski definition) is 3. The number of carbonyl (C=O) groups excluding carboxylic acids is 1. The van der Waals surface area contributed by atoms with E-state index in [4.69, 9.17) is 4.42 Å². The second-order valence-electron chi connectivity index (χ2n) is 5.17. The highest BCUT2D eigenvalue weighted by Crippen LogP contribution is 2.29. The molecule has 19 heavy (non-hydrogen) atoms. The fourth-order valence-corrected chi connectivity index (χ4v) is 2.64. The van der Waals surface area contributed by atoms with E-state index in [1.54, 1.807) is 0 Å². The predicted molar refractivity (Wildman–Crippen MR) is 71.5 cm³/mol. The maximum absolute atomic E-state index is 12.0. The van der Waals surface area contributed by atoms with Gasteiger partial charge in [-0.25, -0.2) is 0 Å². The molecule has 1 heterocycles. The Morgan fingerprint density at radius 2 is 2.05 bits per heavy atom. The summed E-state index contributed by atoms with van der Waals surface area (Å²) in [5.41, 5.74) is -0.363. The number of fused-ring (bicyclic) bond motifs is 1. The lowest BCUT2D eigenvalue weighted by Gasteiger charge is -2.20. The Labute approximate surface area is 111 Å². The second-order valence-corrected chi connectivity index (χ2v) is 5.17. The standard InChI is InChI=1S/C15H17NO3/c17-14(15(18)7-3-4-8-15)16-10-12-9-11-5-1-2-6-13(11)19-12/h1-2,5-6,9,18H,3-4,7-8,10H2,(H,16,17). The molecule has 0 spiro atoms. The summed E-state index contributed by atoms with van der Waals surface area (Å²) in [6.45, 7) is 0.315. The lowest BCUT2D eigenvalue weighted by Crippen LogP contribution is -2.44. The molecule has 1 amide bonds. The molecule has 3 rings (SSSR count). The van der Waals surface area contributed by atoms with Crippen molar-refractivity contribution in [3.05, 3.63) is 36.1 Å². The number of aliphatic hydroxyl groups is 1. The molecule has 2 aromatic rings. The summed E-state index contributed by atoms with van der Waals surface area (Å²) in [5.74, 6) is 0.418. The van der Waals surface area contributed by atoms with E-state index in [9.17, 15) is 9.90 Å². The van der Waals surface area contributed by atoms with E-state index in [1.165, 1.54) is 0 Å². The van der Waals surface area contributed by atoms with Gasteiger partial charge in [-0.2, -0.15) is 0 Å². The molecule has 0 aliphatic heterocycles. The van der Waals surface area contributed by atoms with E-state index in [-0.39, 0.29) is 5.91 Å². The maximum atomic E-state index is 12.0. The minimum absolute atomic E-state index is 0.287. The van der Waals surface area contributed by atoms with Crippen LogP contribution in [0.25, 0.3) is 11.0 Å². The largest absolute Gasteiger partial charge is 0.459 e. The molecule has 100 valence electrons. The van der Waals surface area contributed by atoms with Crippen LogP contribution < -0.4 is 5.32 Å². The van der Waals surface area contributed by atoms with Gasteiger partial charge in [-0.15, -0.1) is 0 Å². The smallest absolute Gasteiger partial charge is 0.252 e. The van der Waals surface area contributed by atoms with E-state index in [2.05, 4.69) is 5.32 Å². The molecule has 1 aliphatic rings. The monoisotopic (exact) mass is 259 g/mol. The predicted octanol–water partition coefficient (Wildman–Crippen LogP) is 2.35. The van der Waals surface area contributed by atoms with E-state index in [0.29, 0.717) is 25.1 Å². The van der Waals surface area contributed by atoms with Gasteiger partial charge < -0.3 is 14.8 Å². The average Bonchev–Trinajstić information content (AvgIpc) is 3.02. The normalized spacial score (nSPS) is 17.7. The Morgan fingerprint density at radius 1 is 1.32 bits per heavy atom. The van der Waals surface area contributed by atoms with Crippen molar-refractivity contribution < 1.29 is 14.3 Å². The van der Waals surface area contributed by atoms with Crippen molar-refractivity contribution >= 4 is 16.9 Å². The topological polar surface area (TPSA) is 62.5 Å². The van der Waals surface area contributed by atoms with E-state index < -0.39 is 5.60 Å². The summed E-state index contributed by atoms with van der Waals surface area (Å²) in [6, 6.07) is 9.63. The highest BCUT2D eigenvalue weighted by atomic mass is 16.3. The summed E-state index contributed by atoms with van der Waals surface area (Å²) in [5, 5.41) is 13.9. The van der Waals surface area contributed by atoms with Crippen LogP contribution in [0.4, 0.5) is 0 Å². The van der Waals surface area contributed by atoms with Crippen molar-refractivity contribution in [2.24, 2.45) is 0 Å². The third-order valence-corrected chi connectivity index (χ3v) is 3.75. The number of benzene rings is 1. The Bertz CT molecular complexity index is 563. The van der Waals surface area contributed by atoms with Gasteiger partial charge in [0.15, 0.2) is 0 Å².